The number of piperazine rings is 1. The monoisotopic (exact) mass is 253 g/mol. The van der Waals surface area contributed by atoms with Crippen molar-refractivity contribution in [3.05, 3.63) is 0 Å². The van der Waals surface area contributed by atoms with E-state index < -0.39 is 18.6 Å². The largest absolute Gasteiger partial charge is 0.405 e. The molecule has 17 heavy (non-hydrogen) atoms. The summed E-state index contributed by atoms with van der Waals surface area (Å²) in [4.78, 5) is 13.2. The van der Waals surface area contributed by atoms with Gasteiger partial charge in [0.25, 0.3) is 0 Å². The van der Waals surface area contributed by atoms with Crippen LogP contribution >= 0.6 is 0 Å². The Kier molecular flexibility index (Phi) is 4.76. The highest BCUT2D eigenvalue weighted by Crippen LogP contribution is 2.12. The molecule has 2 N–H and O–H groups in total. The fraction of sp³-hybridized carbons (Fsp3) is 0.900. The van der Waals surface area contributed by atoms with E-state index in [0.717, 1.165) is 6.54 Å². The Morgan fingerprint density at radius 1 is 1.47 bits per heavy atom. The quantitative estimate of drug-likeness (QED) is 0.762. The summed E-state index contributed by atoms with van der Waals surface area (Å²) in [5.74, 6) is -0.580. The van der Waals surface area contributed by atoms with Gasteiger partial charge >= 0.3 is 6.18 Å². The summed E-state index contributed by atoms with van der Waals surface area (Å²) < 4.78 is 35.7. The molecular weight excluding hydrogens is 235 g/mol. The van der Waals surface area contributed by atoms with Crippen molar-refractivity contribution in [2.45, 2.75) is 32.1 Å². The van der Waals surface area contributed by atoms with E-state index in [1.807, 2.05) is 24.1 Å². The molecule has 0 aliphatic carbocycles. The van der Waals surface area contributed by atoms with Gasteiger partial charge in [0.15, 0.2) is 0 Å². The minimum Gasteiger partial charge on any atom is -0.346 e. The minimum atomic E-state index is -4.35. The molecule has 0 aromatic rings. The molecule has 1 aliphatic heterocycles. The summed E-state index contributed by atoms with van der Waals surface area (Å²) in [5.41, 5.74) is 0. The van der Waals surface area contributed by atoms with Crippen LogP contribution in [0.2, 0.25) is 0 Å². The van der Waals surface area contributed by atoms with E-state index in [9.17, 15) is 18.0 Å². The maximum absolute atomic E-state index is 11.9. The molecule has 0 bridgehead atoms. The molecule has 4 nitrogen and oxygen atoms in total. The number of carbonyl (C=O) groups excluding carboxylic acids is 1. The topological polar surface area (TPSA) is 44.4 Å². The molecule has 1 rings (SSSR count). The average Bonchev–Trinajstić information content (AvgIpc) is 2.20. The summed E-state index contributed by atoms with van der Waals surface area (Å²) >= 11 is 0. The van der Waals surface area contributed by atoms with E-state index in [2.05, 4.69) is 5.32 Å². The Labute approximate surface area is 98.5 Å². The third-order valence-corrected chi connectivity index (χ3v) is 2.73. The molecule has 0 saturated carbocycles. The van der Waals surface area contributed by atoms with Crippen LogP contribution in [0.5, 0.6) is 0 Å². The standard InChI is InChI=1S/C10H18F3N3O/c1-7-4-16(8(2)3-14-7)5-9(17)15-6-10(11,12)13/h7-8,14H,3-6H2,1-2H3,(H,15,17). The third-order valence-electron chi connectivity index (χ3n) is 2.73. The van der Waals surface area contributed by atoms with E-state index in [0.29, 0.717) is 6.54 Å². The Hall–Kier alpha value is -0.820. The molecule has 7 heteroatoms. The van der Waals surface area contributed by atoms with Gasteiger partial charge in [-0.2, -0.15) is 13.2 Å². The second-order valence-corrected chi connectivity index (χ2v) is 4.48. The van der Waals surface area contributed by atoms with Crippen LogP contribution in [0, 0.1) is 0 Å². The normalized spacial score (nSPS) is 26.9. The highest BCUT2D eigenvalue weighted by atomic mass is 19.4. The van der Waals surface area contributed by atoms with Crippen LogP contribution < -0.4 is 10.6 Å². The van der Waals surface area contributed by atoms with Crippen molar-refractivity contribution in [3.63, 3.8) is 0 Å². The number of amides is 1. The highest BCUT2D eigenvalue weighted by molar-refractivity contribution is 5.78. The zero-order valence-electron chi connectivity index (χ0n) is 9.97. The van der Waals surface area contributed by atoms with Gasteiger partial charge in [-0.25, -0.2) is 0 Å². The molecule has 1 saturated heterocycles. The number of halogens is 3. The van der Waals surface area contributed by atoms with Crippen LogP contribution in [0.15, 0.2) is 0 Å². The predicted molar refractivity (Wildman–Crippen MR) is 57.6 cm³/mol. The SMILES string of the molecule is CC1CN(CC(=O)NCC(F)(F)F)C(C)CN1. The smallest absolute Gasteiger partial charge is 0.346 e. The lowest BCUT2D eigenvalue weighted by Gasteiger charge is -2.36. The Morgan fingerprint density at radius 3 is 2.71 bits per heavy atom. The van der Waals surface area contributed by atoms with E-state index in [1.54, 1.807) is 0 Å². The van der Waals surface area contributed by atoms with Crippen molar-refractivity contribution in [3.8, 4) is 0 Å². The van der Waals surface area contributed by atoms with Crippen LogP contribution in [0.25, 0.3) is 0 Å². The van der Waals surface area contributed by atoms with Gasteiger partial charge < -0.3 is 10.6 Å². The van der Waals surface area contributed by atoms with Gasteiger partial charge in [-0.05, 0) is 13.8 Å². The second-order valence-electron chi connectivity index (χ2n) is 4.48. The summed E-state index contributed by atoms with van der Waals surface area (Å²) in [7, 11) is 0. The molecule has 2 atom stereocenters. The zero-order chi connectivity index (χ0) is 13.1. The number of carbonyl (C=O) groups is 1. The summed E-state index contributed by atoms with van der Waals surface area (Å²) in [5, 5.41) is 5.12. The van der Waals surface area contributed by atoms with Gasteiger partial charge in [0, 0.05) is 25.2 Å². The Morgan fingerprint density at radius 2 is 2.12 bits per heavy atom. The number of nitrogens with one attached hydrogen (secondary N) is 2. The molecule has 0 radical (unpaired) electrons. The van der Waals surface area contributed by atoms with Crippen molar-refractivity contribution in [1.82, 2.24) is 15.5 Å². The maximum atomic E-state index is 11.9. The van der Waals surface area contributed by atoms with Gasteiger partial charge in [0.1, 0.15) is 6.54 Å². The molecule has 1 amide bonds. The van der Waals surface area contributed by atoms with Crippen molar-refractivity contribution in [2.75, 3.05) is 26.2 Å². The summed E-state index contributed by atoms with van der Waals surface area (Å²) in [6, 6.07) is 0.407. The predicted octanol–water partition coefficient (Wildman–Crippen LogP) is 0.347. The molecular formula is C10H18F3N3O. The first kappa shape index (κ1) is 14.2. The highest BCUT2D eigenvalue weighted by Gasteiger charge is 2.29. The minimum absolute atomic E-state index is 0.0171. The molecule has 100 valence electrons. The van der Waals surface area contributed by atoms with E-state index in [4.69, 9.17) is 0 Å². The lowest BCUT2D eigenvalue weighted by atomic mass is 10.1. The van der Waals surface area contributed by atoms with Gasteiger partial charge in [-0.15, -0.1) is 0 Å². The first-order valence-electron chi connectivity index (χ1n) is 5.59. The molecule has 1 fully saturated rings. The number of alkyl halides is 3. The van der Waals surface area contributed by atoms with Crippen LogP contribution in [-0.2, 0) is 4.79 Å². The lowest BCUT2D eigenvalue weighted by molar-refractivity contribution is -0.139. The molecule has 1 heterocycles. The first-order valence-corrected chi connectivity index (χ1v) is 5.59. The first-order chi connectivity index (χ1) is 7.78. The van der Waals surface area contributed by atoms with Crippen LogP contribution in [-0.4, -0.2) is 55.2 Å². The summed E-state index contributed by atoms with van der Waals surface area (Å²) in [6.07, 6.45) is -4.35. The fourth-order valence-electron chi connectivity index (χ4n) is 1.76. The number of hydrogen-bond donors (Lipinski definition) is 2. The molecule has 0 aromatic carbocycles. The maximum Gasteiger partial charge on any atom is 0.405 e. The van der Waals surface area contributed by atoms with Gasteiger partial charge in [-0.3, -0.25) is 9.69 Å². The number of hydrogen-bond acceptors (Lipinski definition) is 3. The zero-order valence-corrected chi connectivity index (χ0v) is 9.97. The average molecular weight is 253 g/mol. The van der Waals surface area contributed by atoms with Gasteiger partial charge in [0.2, 0.25) is 5.91 Å². The fourth-order valence-corrected chi connectivity index (χ4v) is 1.76. The van der Waals surface area contributed by atoms with E-state index in [-0.39, 0.29) is 18.6 Å². The van der Waals surface area contributed by atoms with E-state index in [1.165, 1.54) is 0 Å². The van der Waals surface area contributed by atoms with Crippen molar-refractivity contribution < 1.29 is 18.0 Å². The molecule has 1 aliphatic rings. The van der Waals surface area contributed by atoms with E-state index >= 15 is 0 Å². The molecule has 0 aromatic heterocycles. The Bertz CT molecular complexity index is 270. The van der Waals surface area contributed by atoms with Crippen molar-refractivity contribution in [2.24, 2.45) is 0 Å². The lowest BCUT2D eigenvalue weighted by Crippen LogP contribution is -2.56. The number of nitrogens with zero attached hydrogens (tertiary/aromatic N) is 1. The number of rotatable bonds is 3. The summed E-state index contributed by atoms with van der Waals surface area (Å²) in [6.45, 7) is 4.09. The molecule has 0 spiro atoms. The Balaban J connectivity index is 2.34. The molecule has 2 unspecified atom stereocenters. The van der Waals surface area contributed by atoms with Gasteiger partial charge in [-0.1, -0.05) is 0 Å². The van der Waals surface area contributed by atoms with Crippen molar-refractivity contribution >= 4 is 5.91 Å². The van der Waals surface area contributed by atoms with Crippen LogP contribution in [0.1, 0.15) is 13.8 Å². The van der Waals surface area contributed by atoms with Gasteiger partial charge in [0.05, 0.1) is 6.54 Å². The third kappa shape index (κ3) is 5.36. The van der Waals surface area contributed by atoms with Crippen molar-refractivity contribution in [1.29, 1.82) is 0 Å². The van der Waals surface area contributed by atoms with Crippen LogP contribution in [0.4, 0.5) is 13.2 Å². The van der Waals surface area contributed by atoms with Crippen LogP contribution in [0.3, 0.4) is 0 Å². The second kappa shape index (κ2) is 5.68.